The highest BCUT2D eigenvalue weighted by Gasteiger charge is 2.72. The lowest BCUT2D eigenvalue weighted by atomic mass is 9.32. The van der Waals surface area contributed by atoms with Crippen molar-refractivity contribution in [1.29, 1.82) is 0 Å². The highest BCUT2D eigenvalue weighted by Crippen LogP contribution is 2.77. The number of hydrogen-bond donors (Lipinski definition) is 2. The number of hydrogen-bond acceptors (Lipinski definition) is 2. The highest BCUT2D eigenvalue weighted by molar-refractivity contribution is 5.33. The maximum absolute atomic E-state index is 11.5. The average molecular weight is 417 g/mol. The molecule has 0 spiro atoms. The van der Waals surface area contributed by atoms with E-state index in [1.165, 1.54) is 5.56 Å². The fourth-order valence-corrected chi connectivity index (χ4v) is 7.84. The molecular weight excluding hydrogens is 368 g/mol. The van der Waals surface area contributed by atoms with Crippen LogP contribution in [0.3, 0.4) is 0 Å². The molecular formula is C28H48O2. The Morgan fingerprint density at radius 1 is 0.600 bits per heavy atom. The van der Waals surface area contributed by atoms with E-state index in [1.807, 2.05) is 0 Å². The van der Waals surface area contributed by atoms with Crippen molar-refractivity contribution in [2.75, 3.05) is 0 Å². The molecule has 0 atom stereocenters. The second kappa shape index (κ2) is 7.07. The predicted octanol–water partition coefficient (Wildman–Crippen LogP) is 7.40. The summed E-state index contributed by atoms with van der Waals surface area (Å²) in [6, 6.07) is 10.9. The molecule has 1 aromatic rings. The van der Waals surface area contributed by atoms with Crippen molar-refractivity contribution >= 4 is 0 Å². The summed E-state index contributed by atoms with van der Waals surface area (Å²) < 4.78 is 0. The summed E-state index contributed by atoms with van der Waals surface area (Å²) in [7, 11) is 0. The molecule has 0 aromatic heterocycles. The second-order valence-corrected chi connectivity index (χ2v) is 14.1. The lowest BCUT2D eigenvalue weighted by Crippen LogP contribution is -2.69. The van der Waals surface area contributed by atoms with Crippen molar-refractivity contribution in [3.05, 3.63) is 35.9 Å². The molecule has 0 aliphatic heterocycles. The van der Waals surface area contributed by atoms with Crippen LogP contribution < -0.4 is 0 Å². The zero-order valence-electron chi connectivity index (χ0n) is 21.8. The van der Waals surface area contributed by atoms with Crippen LogP contribution in [-0.2, 0) is 0 Å². The Bertz CT molecular complexity index is 658. The van der Waals surface area contributed by atoms with Gasteiger partial charge in [0.25, 0.3) is 0 Å². The summed E-state index contributed by atoms with van der Waals surface area (Å²) in [6.45, 7) is 27.6. The van der Waals surface area contributed by atoms with E-state index in [0.29, 0.717) is 12.8 Å². The van der Waals surface area contributed by atoms with E-state index >= 15 is 0 Å². The fourth-order valence-electron chi connectivity index (χ4n) is 7.84. The molecule has 0 saturated heterocycles. The Hall–Kier alpha value is -0.860. The first-order valence-electron chi connectivity index (χ1n) is 11.6. The van der Waals surface area contributed by atoms with Crippen LogP contribution in [0.2, 0.25) is 0 Å². The minimum Gasteiger partial charge on any atom is -0.366 e. The largest absolute Gasteiger partial charge is 0.366 e. The summed E-state index contributed by atoms with van der Waals surface area (Å²) in [6.07, 6.45) is 0.751. The summed E-state index contributed by atoms with van der Waals surface area (Å²) in [5.74, 6) is -1.55. The minimum atomic E-state index is -1.72. The predicted molar refractivity (Wildman–Crippen MR) is 128 cm³/mol. The molecule has 0 bridgehead atoms. The molecule has 30 heavy (non-hydrogen) atoms. The van der Waals surface area contributed by atoms with Crippen LogP contribution in [0.15, 0.2) is 30.3 Å². The maximum Gasteiger partial charge on any atom is 0.163 e. The van der Waals surface area contributed by atoms with Gasteiger partial charge in [-0.2, -0.15) is 0 Å². The van der Waals surface area contributed by atoms with Gasteiger partial charge in [-0.15, -0.1) is 0 Å². The maximum atomic E-state index is 11.5. The van der Waals surface area contributed by atoms with Crippen molar-refractivity contribution in [2.24, 2.45) is 32.5 Å². The van der Waals surface area contributed by atoms with Gasteiger partial charge >= 0.3 is 0 Å². The van der Waals surface area contributed by atoms with Crippen molar-refractivity contribution in [3.8, 4) is 0 Å². The zero-order chi connectivity index (χ0) is 23.6. The molecule has 1 saturated carbocycles. The molecule has 172 valence electrons. The SMILES string of the molecule is CC(C)(C)C1(C(C)(C)C)CC(O)(O)CC(C(C)(C)C)(C(C)(C)C)C1c1ccccc1. The second-order valence-electron chi connectivity index (χ2n) is 14.1. The Labute approximate surface area is 186 Å². The molecule has 0 unspecified atom stereocenters. The summed E-state index contributed by atoms with van der Waals surface area (Å²) in [5.41, 5.74) is 0.0421. The van der Waals surface area contributed by atoms with Gasteiger partial charge in [0.2, 0.25) is 0 Å². The smallest absolute Gasteiger partial charge is 0.163 e. The van der Waals surface area contributed by atoms with E-state index in [0.717, 1.165) is 0 Å². The van der Waals surface area contributed by atoms with E-state index in [4.69, 9.17) is 0 Å². The standard InChI is InChI=1S/C28H48O2/c1-22(2,3)27(23(4,5)6)18-26(29,30)19-28(24(7,8)9,25(10,11)12)21(27)20-16-14-13-15-17-20/h13-17,21,29-30H,18-19H2,1-12H3. The van der Waals surface area contributed by atoms with E-state index < -0.39 is 5.79 Å². The first kappa shape index (κ1) is 25.4. The topological polar surface area (TPSA) is 40.5 Å². The zero-order valence-corrected chi connectivity index (χ0v) is 21.8. The first-order valence-corrected chi connectivity index (χ1v) is 11.6. The van der Waals surface area contributed by atoms with E-state index in [2.05, 4.69) is 113 Å². The Morgan fingerprint density at radius 3 is 1.17 bits per heavy atom. The quantitative estimate of drug-likeness (QED) is 0.468. The van der Waals surface area contributed by atoms with Gasteiger partial charge < -0.3 is 10.2 Å². The third-order valence-electron chi connectivity index (χ3n) is 8.60. The molecule has 1 aromatic carbocycles. The van der Waals surface area contributed by atoms with E-state index in [-0.39, 0.29) is 38.4 Å². The molecule has 1 fully saturated rings. The Morgan fingerprint density at radius 2 is 0.900 bits per heavy atom. The molecule has 2 rings (SSSR count). The van der Waals surface area contributed by atoms with Gasteiger partial charge in [0, 0.05) is 12.8 Å². The third kappa shape index (κ3) is 3.66. The van der Waals surface area contributed by atoms with Crippen molar-refractivity contribution in [1.82, 2.24) is 0 Å². The van der Waals surface area contributed by atoms with Gasteiger partial charge in [0.1, 0.15) is 0 Å². The van der Waals surface area contributed by atoms with Crippen LogP contribution in [0.5, 0.6) is 0 Å². The molecule has 2 heteroatoms. The molecule has 1 aliphatic rings. The van der Waals surface area contributed by atoms with Crippen LogP contribution in [0, 0.1) is 32.5 Å². The lowest BCUT2D eigenvalue weighted by Gasteiger charge is -2.73. The Kier molecular flexibility index (Phi) is 5.99. The van der Waals surface area contributed by atoms with Crippen LogP contribution in [0.1, 0.15) is 107 Å². The van der Waals surface area contributed by atoms with Gasteiger partial charge in [-0.25, -0.2) is 0 Å². The monoisotopic (exact) mass is 416 g/mol. The molecule has 0 radical (unpaired) electrons. The molecule has 0 heterocycles. The van der Waals surface area contributed by atoms with E-state index in [1.54, 1.807) is 0 Å². The normalized spacial score (nSPS) is 22.7. The van der Waals surface area contributed by atoms with Gasteiger partial charge in [0.05, 0.1) is 0 Å². The number of benzene rings is 1. The fraction of sp³-hybridized carbons (Fsp3) is 0.786. The van der Waals surface area contributed by atoms with Crippen LogP contribution in [0.4, 0.5) is 0 Å². The van der Waals surface area contributed by atoms with Gasteiger partial charge in [0.15, 0.2) is 5.79 Å². The van der Waals surface area contributed by atoms with Crippen LogP contribution in [0.25, 0.3) is 0 Å². The summed E-state index contributed by atoms with van der Waals surface area (Å²) >= 11 is 0. The summed E-state index contributed by atoms with van der Waals surface area (Å²) in [4.78, 5) is 0. The van der Waals surface area contributed by atoms with Crippen molar-refractivity contribution in [3.63, 3.8) is 0 Å². The van der Waals surface area contributed by atoms with Gasteiger partial charge in [-0.1, -0.05) is 113 Å². The first-order chi connectivity index (χ1) is 13.1. The highest BCUT2D eigenvalue weighted by atomic mass is 16.5. The third-order valence-corrected chi connectivity index (χ3v) is 8.60. The molecule has 2 N–H and O–H groups in total. The van der Waals surface area contributed by atoms with Crippen LogP contribution >= 0.6 is 0 Å². The van der Waals surface area contributed by atoms with Gasteiger partial charge in [-0.05, 0) is 44.0 Å². The van der Waals surface area contributed by atoms with Crippen LogP contribution in [-0.4, -0.2) is 16.0 Å². The summed E-state index contributed by atoms with van der Waals surface area (Å²) in [5, 5.41) is 23.0. The number of aliphatic hydroxyl groups is 2. The van der Waals surface area contributed by atoms with Crippen molar-refractivity contribution in [2.45, 2.75) is 108 Å². The molecule has 2 nitrogen and oxygen atoms in total. The van der Waals surface area contributed by atoms with Crippen molar-refractivity contribution < 1.29 is 10.2 Å². The van der Waals surface area contributed by atoms with E-state index in [9.17, 15) is 10.2 Å². The number of rotatable bonds is 1. The Balaban J connectivity index is 3.16. The van der Waals surface area contributed by atoms with Gasteiger partial charge in [-0.3, -0.25) is 0 Å². The average Bonchev–Trinajstić information content (AvgIpc) is 2.49. The minimum absolute atomic E-state index is 0.148. The lowest BCUT2D eigenvalue weighted by molar-refractivity contribution is -0.313. The molecule has 1 aliphatic carbocycles. The molecule has 0 amide bonds.